The average Bonchev–Trinajstić information content (AvgIpc) is 2.56. The van der Waals surface area contributed by atoms with E-state index >= 15 is 0 Å². The lowest BCUT2D eigenvalue weighted by Gasteiger charge is -2.18. The van der Waals surface area contributed by atoms with Crippen LogP contribution in [0.5, 0.6) is 0 Å². The van der Waals surface area contributed by atoms with Gasteiger partial charge in [-0.05, 0) is 6.42 Å². The van der Waals surface area contributed by atoms with Crippen LogP contribution in [-0.2, 0) is 14.3 Å². The minimum Gasteiger partial charge on any atom is -0.499 e. The first-order chi connectivity index (χ1) is 7.61. The Bertz CT molecular complexity index is 289. The highest BCUT2D eigenvalue weighted by atomic mass is 79.9. The number of hydrogen-bond acceptors (Lipinski definition) is 5. The Morgan fingerprint density at radius 1 is 1.62 bits per heavy atom. The number of carbonyl (C=O) groups is 1. The second-order valence-electron chi connectivity index (χ2n) is 3.46. The zero-order valence-electron chi connectivity index (χ0n) is 8.98. The summed E-state index contributed by atoms with van der Waals surface area (Å²) >= 11 is 3.07. The quantitative estimate of drug-likeness (QED) is 0.438. The van der Waals surface area contributed by atoms with E-state index in [1.807, 2.05) is 6.92 Å². The first-order valence-electron chi connectivity index (χ1n) is 5.12. The molecule has 0 aromatic rings. The lowest BCUT2D eigenvalue weighted by Crippen LogP contribution is -2.30. The first kappa shape index (κ1) is 13.3. The molecule has 2 N–H and O–H groups in total. The molecule has 6 heteroatoms. The van der Waals surface area contributed by atoms with Crippen LogP contribution in [-0.4, -0.2) is 40.3 Å². The molecular weight excluding hydrogens is 280 g/mol. The molecule has 92 valence electrons. The number of unbranched alkanes of at least 4 members (excludes halogenated alkanes) is 1. The molecule has 0 spiro atoms. The minimum atomic E-state index is -0.926. The van der Waals surface area contributed by atoms with Crippen molar-refractivity contribution in [3.8, 4) is 0 Å². The number of rotatable bonds is 6. The summed E-state index contributed by atoms with van der Waals surface area (Å²) in [7, 11) is 0. The van der Waals surface area contributed by atoms with Crippen LogP contribution < -0.4 is 0 Å². The van der Waals surface area contributed by atoms with E-state index in [-0.39, 0.29) is 11.1 Å². The smallest absolute Gasteiger partial charge is 0.378 e. The second kappa shape index (κ2) is 6.10. The summed E-state index contributed by atoms with van der Waals surface area (Å²) in [5.41, 5.74) is 0. The Morgan fingerprint density at radius 3 is 2.88 bits per heavy atom. The molecule has 0 fully saturated rings. The van der Waals surface area contributed by atoms with Crippen molar-refractivity contribution < 1.29 is 24.5 Å². The molecule has 0 aromatic carbocycles. The molecule has 5 nitrogen and oxygen atoms in total. The molecule has 0 radical (unpaired) electrons. The fraction of sp³-hybridized carbons (Fsp3) is 0.700. The van der Waals surface area contributed by atoms with Crippen LogP contribution in [0.1, 0.15) is 19.8 Å². The molecule has 16 heavy (non-hydrogen) atoms. The fourth-order valence-electron chi connectivity index (χ4n) is 1.27. The summed E-state index contributed by atoms with van der Waals surface area (Å²) in [4.78, 5) is 11.1. The van der Waals surface area contributed by atoms with E-state index in [0.717, 1.165) is 12.8 Å². The highest BCUT2D eigenvalue weighted by Crippen LogP contribution is 2.25. The van der Waals surface area contributed by atoms with E-state index < -0.39 is 23.9 Å². The van der Waals surface area contributed by atoms with Crippen molar-refractivity contribution in [2.45, 2.75) is 32.0 Å². The molecule has 0 aromatic heterocycles. The van der Waals surface area contributed by atoms with Gasteiger partial charge in [-0.2, -0.15) is 0 Å². The predicted molar refractivity (Wildman–Crippen MR) is 60.2 cm³/mol. The van der Waals surface area contributed by atoms with E-state index in [9.17, 15) is 15.0 Å². The number of alkyl halides is 1. The van der Waals surface area contributed by atoms with Crippen molar-refractivity contribution in [3.05, 3.63) is 11.5 Å². The molecule has 2 atom stereocenters. The van der Waals surface area contributed by atoms with Crippen LogP contribution in [0.15, 0.2) is 11.5 Å². The number of carbonyl (C=O) groups excluding carboxylic acids is 1. The van der Waals surface area contributed by atoms with Crippen LogP contribution in [0.25, 0.3) is 0 Å². The third-order valence-electron chi connectivity index (χ3n) is 2.18. The summed E-state index contributed by atoms with van der Waals surface area (Å²) in [6, 6.07) is 0. The topological polar surface area (TPSA) is 76.0 Å². The van der Waals surface area contributed by atoms with Crippen molar-refractivity contribution in [2.24, 2.45) is 0 Å². The molecule has 0 aliphatic carbocycles. The molecule has 0 unspecified atom stereocenters. The number of halogens is 1. The maximum Gasteiger partial charge on any atom is 0.378 e. The van der Waals surface area contributed by atoms with Gasteiger partial charge in [-0.1, -0.05) is 29.3 Å². The van der Waals surface area contributed by atoms with Gasteiger partial charge < -0.3 is 19.7 Å². The highest BCUT2D eigenvalue weighted by Gasteiger charge is 2.40. The predicted octanol–water partition coefficient (Wildman–Crippen LogP) is 1.25. The van der Waals surface area contributed by atoms with Crippen molar-refractivity contribution in [3.63, 3.8) is 0 Å². The van der Waals surface area contributed by atoms with Crippen molar-refractivity contribution in [1.82, 2.24) is 0 Å². The molecule has 0 amide bonds. The maximum atomic E-state index is 11.1. The van der Waals surface area contributed by atoms with Crippen molar-refractivity contribution in [2.75, 3.05) is 11.9 Å². The van der Waals surface area contributed by atoms with Crippen LogP contribution in [0.2, 0.25) is 0 Å². The standard InChI is InChI=1S/C10H15BrO5/c1-2-3-4-15-9-7(13)10(14)16-8(9)6(12)5-11/h6,8,12-13H,2-5H2,1H3/t6-,8+/m0/s1. The monoisotopic (exact) mass is 294 g/mol. The largest absolute Gasteiger partial charge is 0.499 e. The zero-order valence-corrected chi connectivity index (χ0v) is 10.6. The Labute approximate surface area is 102 Å². The van der Waals surface area contributed by atoms with Gasteiger partial charge in [0.2, 0.25) is 5.76 Å². The van der Waals surface area contributed by atoms with E-state index in [1.165, 1.54) is 0 Å². The molecule has 0 bridgehead atoms. The van der Waals surface area contributed by atoms with E-state index in [0.29, 0.717) is 6.61 Å². The lowest BCUT2D eigenvalue weighted by molar-refractivity contribution is -0.146. The zero-order chi connectivity index (χ0) is 12.1. The summed E-state index contributed by atoms with van der Waals surface area (Å²) < 4.78 is 10.1. The SMILES string of the molecule is CCCCOC1=C(O)C(=O)O[C@@H]1[C@@H](O)CBr. The van der Waals surface area contributed by atoms with Crippen LogP contribution in [0.3, 0.4) is 0 Å². The highest BCUT2D eigenvalue weighted by molar-refractivity contribution is 9.09. The third-order valence-corrected chi connectivity index (χ3v) is 2.85. The van der Waals surface area contributed by atoms with Gasteiger partial charge in [0.1, 0.15) is 6.10 Å². The summed E-state index contributed by atoms with van der Waals surface area (Å²) in [6.07, 6.45) is -0.0923. The molecule has 1 heterocycles. The number of esters is 1. The summed E-state index contributed by atoms with van der Waals surface area (Å²) in [5.74, 6) is -1.36. The minimum absolute atomic E-state index is 0.0328. The normalized spacial score (nSPS) is 22.2. The van der Waals surface area contributed by atoms with Gasteiger partial charge in [-0.25, -0.2) is 4.79 Å². The number of hydrogen-bond donors (Lipinski definition) is 2. The number of cyclic esters (lactones) is 1. The first-order valence-corrected chi connectivity index (χ1v) is 6.24. The van der Waals surface area contributed by atoms with Gasteiger partial charge in [0.15, 0.2) is 11.9 Å². The number of aliphatic hydroxyl groups excluding tert-OH is 2. The molecule has 0 saturated carbocycles. The summed E-state index contributed by atoms with van der Waals surface area (Å²) in [5, 5.41) is 19.2. The molecule has 0 saturated heterocycles. The lowest BCUT2D eigenvalue weighted by atomic mass is 10.2. The molecule has 1 rings (SSSR count). The average molecular weight is 295 g/mol. The van der Waals surface area contributed by atoms with E-state index in [2.05, 4.69) is 15.9 Å². The van der Waals surface area contributed by atoms with Gasteiger partial charge in [0, 0.05) is 5.33 Å². The Hall–Kier alpha value is -0.750. The van der Waals surface area contributed by atoms with Gasteiger partial charge in [0.05, 0.1) is 6.61 Å². The van der Waals surface area contributed by atoms with Crippen LogP contribution >= 0.6 is 15.9 Å². The van der Waals surface area contributed by atoms with Gasteiger partial charge in [-0.15, -0.1) is 0 Å². The van der Waals surface area contributed by atoms with Gasteiger partial charge >= 0.3 is 5.97 Å². The Morgan fingerprint density at radius 2 is 2.31 bits per heavy atom. The third kappa shape index (κ3) is 2.89. The van der Waals surface area contributed by atoms with E-state index in [1.54, 1.807) is 0 Å². The number of aliphatic hydroxyl groups is 2. The van der Waals surface area contributed by atoms with E-state index in [4.69, 9.17) is 9.47 Å². The van der Waals surface area contributed by atoms with Crippen LogP contribution in [0.4, 0.5) is 0 Å². The number of ether oxygens (including phenoxy) is 2. The molecular formula is C10H15BrO5. The Balaban J connectivity index is 2.69. The van der Waals surface area contributed by atoms with Crippen molar-refractivity contribution >= 4 is 21.9 Å². The van der Waals surface area contributed by atoms with Crippen molar-refractivity contribution in [1.29, 1.82) is 0 Å². The fourth-order valence-corrected chi connectivity index (χ4v) is 1.61. The Kier molecular flexibility index (Phi) is 5.08. The molecule has 1 aliphatic heterocycles. The van der Waals surface area contributed by atoms with Gasteiger partial charge in [0.25, 0.3) is 0 Å². The summed E-state index contributed by atoms with van der Waals surface area (Å²) in [6.45, 7) is 2.39. The molecule has 1 aliphatic rings. The second-order valence-corrected chi connectivity index (χ2v) is 4.11. The maximum absolute atomic E-state index is 11.1. The van der Waals surface area contributed by atoms with Crippen LogP contribution in [0, 0.1) is 0 Å². The van der Waals surface area contributed by atoms with Gasteiger partial charge in [-0.3, -0.25) is 0 Å².